The van der Waals surface area contributed by atoms with Gasteiger partial charge in [0.25, 0.3) is 0 Å². The topological polar surface area (TPSA) is 40.5 Å². The maximum absolute atomic E-state index is 9.49. The quantitative estimate of drug-likeness (QED) is 0.661. The van der Waals surface area contributed by atoms with E-state index in [0.717, 1.165) is 20.0 Å². The molecule has 0 saturated carbocycles. The van der Waals surface area contributed by atoms with Crippen LogP contribution in [0.25, 0.3) is 0 Å². The van der Waals surface area contributed by atoms with Crippen molar-refractivity contribution in [3.8, 4) is 0 Å². The standard InChI is InChI=1S/C10H18O.CH4O/c1-5-10(4,11)8-6-7-9(2)3;1-2/h5,7,11H,1,6,8H2,2-4H3;2H,1H3. The maximum atomic E-state index is 9.49. The highest BCUT2D eigenvalue weighted by atomic mass is 16.3. The molecule has 0 aromatic heterocycles. The second-order valence-corrected chi connectivity index (χ2v) is 3.38. The average molecular weight is 186 g/mol. The summed E-state index contributed by atoms with van der Waals surface area (Å²) in [5.74, 6) is 0. The Balaban J connectivity index is 0. The highest BCUT2D eigenvalue weighted by Gasteiger charge is 2.12. The zero-order valence-electron chi connectivity index (χ0n) is 9.17. The summed E-state index contributed by atoms with van der Waals surface area (Å²) in [6.07, 6.45) is 5.38. The highest BCUT2D eigenvalue weighted by molar-refractivity contribution is 4.97. The summed E-state index contributed by atoms with van der Waals surface area (Å²) in [4.78, 5) is 0. The third-order valence-corrected chi connectivity index (χ3v) is 1.64. The lowest BCUT2D eigenvalue weighted by atomic mass is 10.00. The Hall–Kier alpha value is -0.600. The first kappa shape index (κ1) is 14.9. The normalized spacial score (nSPS) is 13.4. The summed E-state index contributed by atoms with van der Waals surface area (Å²) in [6.45, 7) is 9.45. The molecular formula is C11H22O2. The van der Waals surface area contributed by atoms with E-state index in [-0.39, 0.29) is 0 Å². The molecule has 0 radical (unpaired) electrons. The Morgan fingerprint density at radius 3 is 2.15 bits per heavy atom. The summed E-state index contributed by atoms with van der Waals surface area (Å²) >= 11 is 0. The van der Waals surface area contributed by atoms with Gasteiger partial charge in [0.15, 0.2) is 0 Å². The van der Waals surface area contributed by atoms with Crippen molar-refractivity contribution in [3.05, 3.63) is 24.3 Å². The van der Waals surface area contributed by atoms with Gasteiger partial charge in [-0.15, -0.1) is 6.58 Å². The van der Waals surface area contributed by atoms with Gasteiger partial charge in [-0.2, -0.15) is 0 Å². The van der Waals surface area contributed by atoms with Crippen LogP contribution in [0, 0.1) is 0 Å². The van der Waals surface area contributed by atoms with Crippen LogP contribution in [0.2, 0.25) is 0 Å². The second-order valence-electron chi connectivity index (χ2n) is 3.38. The molecule has 0 aliphatic heterocycles. The largest absolute Gasteiger partial charge is 0.400 e. The molecule has 0 saturated heterocycles. The van der Waals surface area contributed by atoms with Gasteiger partial charge >= 0.3 is 0 Å². The smallest absolute Gasteiger partial charge is 0.0800 e. The van der Waals surface area contributed by atoms with Crippen LogP contribution in [0.4, 0.5) is 0 Å². The first-order chi connectivity index (χ1) is 5.98. The Morgan fingerprint density at radius 1 is 1.38 bits per heavy atom. The van der Waals surface area contributed by atoms with Crippen LogP contribution >= 0.6 is 0 Å². The minimum Gasteiger partial charge on any atom is -0.400 e. The van der Waals surface area contributed by atoms with Crippen LogP contribution in [0.3, 0.4) is 0 Å². The molecular weight excluding hydrogens is 164 g/mol. The van der Waals surface area contributed by atoms with Crippen LogP contribution in [-0.4, -0.2) is 22.9 Å². The Kier molecular flexibility index (Phi) is 9.19. The van der Waals surface area contributed by atoms with E-state index in [9.17, 15) is 5.11 Å². The first-order valence-electron chi connectivity index (χ1n) is 4.42. The third-order valence-electron chi connectivity index (χ3n) is 1.64. The van der Waals surface area contributed by atoms with Crippen LogP contribution in [0.15, 0.2) is 24.3 Å². The number of hydrogen-bond acceptors (Lipinski definition) is 2. The average Bonchev–Trinajstić information content (AvgIpc) is 2.07. The van der Waals surface area contributed by atoms with Crippen molar-refractivity contribution >= 4 is 0 Å². The fourth-order valence-corrected chi connectivity index (χ4v) is 0.755. The molecule has 0 aromatic carbocycles. The van der Waals surface area contributed by atoms with Gasteiger partial charge in [-0.05, 0) is 33.6 Å². The van der Waals surface area contributed by atoms with E-state index in [1.165, 1.54) is 5.57 Å². The van der Waals surface area contributed by atoms with Gasteiger partial charge in [-0.1, -0.05) is 17.7 Å². The zero-order valence-corrected chi connectivity index (χ0v) is 9.17. The summed E-state index contributed by atoms with van der Waals surface area (Å²) < 4.78 is 0. The summed E-state index contributed by atoms with van der Waals surface area (Å²) in [7, 11) is 1.00. The van der Waals surface area contributed by atoms with Crippen molar-refractivity contribution in [3.63, 3.8) is 0 Å². The molecule has 2 N–H and O–H groups in total. The van der Waals surface area contributed by atoms with E-state index in [1.54, 1.807) is 13.0 Å². The third kappa shape index (κ3) is 11.4. The fraction of sp³-hybridized carbons (Fsp3) is 0.636. The SMILES string of the molecule is C=CC(C)(O)CCC=C(C)C.CO. The van der Waals surface area contributed by atoms with Crippen molar-refractivity contribution in [1.82, 2.24) is 0 Å². The Bertz CT molecular complexity index is 153. The van der Waals surface area contributed by atoms with Gasteiger partial charge in [-0.3, -0.25) is 0 Å². The summed E-state index contributed by atoms with van der Waals surface area (Å²) in [6, 6.07) is 0. The molecule has 0 aromatic rings. The van der Waals surface area contributed by atoms with Gasteiger partial charge in [0.2, 0.25) is 0 Å². The van der Waals surface area contributed by atoms with E-state index < -0.39 is 5.60 Å². The maximum Gasteiger partial charge on any atom is 0.0800 e. The molecule has 1 atom stereocenters. The van der Waals surface area contributed by atoms with Gasteiger partial charge in [0.05, 0.1) is 5.60 Å². The van der Waals surface area contributed by atoms with Crippen molar-refractivity contribution in [2.45, 2.75) is 39.2 Å². The predicted molar refractivity (Wildman–Crippen MR) is 57.6 cm³/mol. The molecule has 0 heterocycles. The molecule has 0 amide bonds. The summed E-state index contributed by atoms with van der Waals surface area (Å²) in [5.41, 5.74) is 0.594. The van der Waals surface area contributed by atoms with Crippen LogP contribution in [0.5, 0.6) is 0 Å². The van der Waals surface area contributed by atoms with E-state index in [0.29, 0.717) is 0 Å². The molecule has 0 rings (SSSR count). The van der Waals surface area contributed by atoms with Gasteiger partial charge in [0.1, 0.15) is 0 Å². The number of aliphatic hydroxyl groups is 2. The Morgan fingerprint density at radius 2 is 1.85 bits per heavy atom. The molecule has 1 unspecified atom stereocenters. The molecule has 13 heavy (non-hydrogen) atoms. The number of hydrogen-bond donors (Lipinski definition) is 2. The van der Waals surface area contributed by atoms with E-state index in [1.807, 2.05) is 0 Å². The number of aliphatic hydroxyl groups excluding tert-OH is 1. The molecule has 2 nitrogen and oxygen atoms in total. The van der Waals surface area contributed by atoms with Gasteiger partial charge < -0.3 is 10.2 Å². The van der Waals surface area contributed by atoms with Crippen molar-refractivity contribution in [2.75, 3.05) is 7.11 Å². The van der Waals surface area contributed by atoms with Crippen molar-refractivity contribution in [1.29, 1.82) is 0 Å². The molecule has 0 spiro atoms. The van der Waals surface area contributed by atoms with Crippen molar-refractivity contribution < 1.29 is 10.2 Å². The molecule has 0 fully saturated rings. The number of rotatable bonds is 4. The van der Waals surface area contributed by atoms with Gasteiger partial charge in [-0.25, -0.2) is 0 Å². The van der Waals surface area contributed by atoms with E-state index in [4.69, 9.17) is 5.11 Å². The lowest BCUT2D eigenvalue weighted by Crippen LogP contribution is -2.19. The highest BCUT2D eigenvalue weighted by Crippen LogP contribution is 2.13. The molecule has 0 aliphatic carbocycles. The number of allylic oxidation sites excluding steroid dienone is 2. The predicted octanol–water partition coefficient (Wildman–Crippen LogP) is 2.28. The molecule has 2 heteroatoms. The van der Waals surface area contributed by atoms with Crippen LogP contribution in [-0.2, 0) is 0 Å². The Labute approximate surface area is 81.6 Å². The monoisotopic (exact) mass is 186 g/mol. The van der Waals surface area contributed by atoms with E-state index in [2.05, 4.69) is 26.5 Å². The lowest BCUT2D eigenvalue weighted by molar-refractivity contribution is 0.103. The summed E-state index contributed by atoms with van der Waals surface area (Å²) in [5, 5.41) is 16.5. The molecule has 78 valence electrons. The lowest BCUT2D eigenvalue weighted by Gasteiger charge is -2.16. The molecule has 0 aliphatic rings. The fourth-order valence-electron chi connectivity index (χ4n) is 0.755. The van der Waals surface area contributed by atoms with Crippen LogP contribution < -0.4 is 0 Å². The van der Waals surface area contributed by atoms with Gasteiger partial charge in [0, 0.05) is 7.11 Å². The van der Waals surface area contributed by atoms with Crippen LogP contribution in [0.1, 0.15) is 33.6 Å². The second kappa shape index (κ2) is 8.02. The van der Waals surface area contributed by atoms with Crippen molar-refractivity contribution in [2.24, 2.45) is 0 Å². The zero-order chi connectivity index (χ0) is 10.9. The minimum absolute atomic E-state index is 0.702. The molecule has 0 bridgehead atoms. The first-order valence-corrected chi connectivity index (χ1v) is 4.42. The van der Waals surface area contributed by atoms with E-state index >= 15 is 0 Å². The minimum atomic E-state index is -0.702.